The molecule has 0 saturated carbocycles. The monoisotopic (exact) mass is 134 g/mol. The molecule has 0 unspecified atom stereocenters. The van der Waals surface area contributed by atoms with Gasteiger partial charge in [0.2, 0.25) is 0 Å². The van der Waals surface area contributed by atoms with E-state index in [9.17, 15) is 0 Å². The van der Waals surface area contributed by atoms with Crippen molar-refractivity contribution in [2.45, 2.75) is 5.16 Å². The summed E-state index contributed by atoms with van der Waals surface area (Å²) in [6.45, 7) is 0. The lowest BCUT2D eigenvalue weighted by molar-refractivity contribution is 1.07. The molecule has 1 aromatic heterocycles. The van der Waals surface area contributed by atoms with Crippen molar-refractivity contribution in [1.29, 1.82) is 0 Å². The van der Waals surface area contributed by atoms with Gasteiger partial charge in [0.05, 0.1) is 0 Å². The Kier molecular flexibility index (Phi) is 1.59. The molecule has 0 fully saturated rings. The van der Waals surface area contributed by atoms with Crippen LogP contribution in [0.25, 0.3) is 0 Å². The molecule has 1 rings (SSSR count). The summed E-state index contributed by atoms with van der Waals surface area (Å²) in [5.74, 6) is 0. The van der Waals surface area contributed by atoms with E-state index in [2.05, 4.69) is 9.97 Å². The van der Waals surface area contributed by atoms with Crippen LogP contribution in [0.3, 0.4) is 0 Å². The van der Waals surface area contributed by atoms with Gasteiger partial charge in [-0.3, -0.25) is 0 Å². The fourth-order valence-corrected chi connectivity index (χ4v) is 0.759. The van der Waals surface area contributed by atoms with Crippen molar-refractivity contribution in [3.8, 4) is 0 Å². The van der Waals surface area contributed by atoms with Gasteiger partial charge in [-0.1, -0.05) is 0 Å². The minimum Gasteiger partial charge on any atom is -0.339 e. The van der Waals surface area contributed by atoms with Gasteiger partial charge in [-0.15, -0.1) is 0 Å². The molecule has 1 heterocycles. The Balaban J connectivity index is 2.76. The first-order chi connectivity index (χ1) is 3.43. The standard InChI is InChI=1S/C3H3ClN2S/c4-7-3-5-1-2-6-3/h1-2H,(H,5,6). The Morgan fingerprint density at radius 2 is 2.71 bits per heavy atom. The molecule has 0 amide bonds. The number of hydrogen-bond donors (Lipinski definition) is 1. The first kappa shape index (κ1) is 5.00. The van der Waals surface area contributed by atoms with Crippen LogP contribution in [0.5, 0.6) is 0 Å². The van der Waals surface area contributed by atoms with Gasteiger partial charge < -0.3 is 4.98 Å². The van der Waals surface area contributed by atoms with Crippen LogP contribution in [-0.4, -0.2) is 9.97 Å². The predicted molar refractivity (Wildman–Crippen MR) is 30.3 cm³/mol. The second-order valence-electron chi connectivity index (χ2n) is 0.971. The molecule has 2 nitrogen and oxygen atoms in total. The van der Waals surface area contributed by atoms with E-state index in [1.807, 2.05) is 0 Å². The number of nitrogens with one attached hydrogen (secondary N) is 1. The van der Waals surface area contributed by atoms with Crippen molar-refractivity contribution in [3.05, 3.63) is 12.4 Å². The summed E-state index contributed by atoms with van der Waals surface area (Å²) >= 11 is 0. The molecule has 0 aliphatic rings. The van der Waals surface area contributed by atoms with Crippen LogP contribution in [0.2, 0.25) is 0 Å². The average molecular weight is 135 g/mol. The molecule has 38 valence electrons. The molecule has 0 atom stereocenters. The zero-order chi connectivity index (χ0) is 5.11. The molecular formula is C3H3ClN2S. The molecule has 0 spiro atoms. The maximum Gasteiger partial charge on any atom is 0.181 e. The van der Waals surface area contributed by atoms with Crippen LogP contribution in [0, 0.1) is 0 Å². The van der Waals surface area contributed by atoms with Crippen molar-refractivity contribution in [2.75, 3.05) is 0 Å². The van der Waals surface area contributed by atoms with Crippen molar-refractivity contribution < 1.29 is 0 Å². The van der Waals surface area contributed by atoms with Gasteiger partial charge in [0.25, 0.3) is 0 Å². The van der Waals surface area contributed by atoms with Crippen LogP contribution >= 0.6 is 21.7 Å². The summed E-state index contributed by atoms with van der Waals surface area (Å²) < 4.78 is 0. The molecule has 0 aliphatic carbocycles. The first-order valence-electron chi connectivity index (χ1n) is 1.71. The van der Waals surface area contributed by atoms with Gasteiger partial charge in [-0.2, -0.15) is 0 Å². The second-order valence-corrected chi connectivity index (χ2v) is 1.98. The zero-order valence-corrected chi connectivity index (χ0v) is 4.96. The third-order valence-electron chi connectivity index (χ3n) is 0.546. The van der Waals surface area contributed by atoms with E-state index in [4.69, 9.17) is 10.7 Å². The number of imidazole rings is 1. The Hall–Kier alpha value is -0.150. The van der Waals surface area contributed by atoms with Gasteiger partial charge in [-0.05, 0) is 10.7 Å². The number of H-pyrrole nitrogens is 1. The highest BCUT2D eigenvalue weighted by molar-refractivity contribution is 8.21. The fourth-order valence-electron chi connectivity index (χ4n) is 0.293. The Labute approximate surface area is 49.8 Å². The number of halogens is 1. The molecule has 0 saturated heterocycles. The SMILES string of the molecule is ClSc1ncc[nH]1. The van der Waals surface area contributed by atoms with Gasteiger partial charge >= 0.3 is 0 Å². The van der Waals surface area contributed by atoms with Crippen molar-refractivity contribution in [1.82, 2.24) is 9.97 Å². The lowest BCUT2D eigenvalue weighted by atomic mass is 11.0. The summed E-state index contributed by atoms with van der Waals surface area (Å²) in [6.07, 6.45) is 3.38. The Morgan fingerprint density at radius 1 is 1.86 bits per heavy atom. The highest BCUT2D eigenvalue weighted by atomic mass is 35.7. The minimum atomic E-state index is 0.738. The van der Waals surface area contributed by atoms with E-state index >= 15 is 0 Å². The topological polar surface area (TPSA) is 28.7 Å². The molecule has 7 heavy (non-hydrogen) atoms. The van der Waals surface area contributed by atoms with E-state index in [-0.39, 0.29) is 0 Å². The predicted octanol–water partition coefficient (Wildman–Crippen LogP) is 1.66. The molecule has 0 bridgehead atoms. The van der Waals surface area contributed by atoms with E-state index in [1.54, 1.807) is 12.4 Å². The lowest BCUT2D eigenvalue weighted by Crippen LogP contribution is -1.63. The maximum atomic E-state index is 5.29. The quantitative estimate of drug-likeness (QED) is 0.633. The van der Waals surface area contributed by atoms with E-state index in [1.165, 1.54) is 0 Å². The Morgan fingerprint density at radius 3 is 3.00 bits per heavy atom. The average Bonchev–Trinajstić information content (AvgIpc) is 2.14. The molecule has 0 aromatic carbocycles. The normalized spacial score (nSPS) is 9.29. The molecular weight excluding hydrogens is 132 g/mol. The van der Waals surface area contributed by atoms with Crippen LogP contribution in [-0.2, 0) is 0 Å². The zero-order valence-electron chi connectivity index (χ0n) is 3.39. The van der Waals surface area contributed by atoms with Gasteiger partial charge in [0.15, 0.2) is 5.16 Å². The molecule has 0 aliphatic heterocycles. The van der Waals surface area contributed by atoms with Crippen LogP contribution in [0.15, 0.2) is 17.6 Å². The number of nitrogens with zero attached hydrogens (tertiary/aromatic N) is 1. The highest BCUT2D eigenvalue weighted by Gasteiger charge is 1.86. The number of hydrogen-bond acceptors (Lipinski definition) is 2. The van der Waals surface area contributed by atoms with E-state index in [0.29, 0.717) is 0 Å². The van der Waals surface area contributed by atoms with Gasteiger partial charge in [-0.25, -0.2) is 4.98 Å². The number of aromatic nitrogens is 2. The van der Waals surface area contributed by atoms with Crippen molar-refractivity contribution in [3.63, 3.8) is 0 Å². The summed E-state index contributed by atoms with van der Waals surface area (Å²) in [5, 5.41) is 0.738. The first-order valence-corrected chi connectivity index (χ1v) is 3.35. The van der Waals surface area contributed by atoms with Gasteiger partial charge in [0.1, 0.15) is 0 Å². The summed E-state index contributed by atoms with van der Waals surface area (Å²) in [7, 11) is 6.37. The maximum absolute atomic E-state index is 5.29. The minimum absolute atomic E-state index is 0.738. The second kappa shape index (κ2) is 2.23. The molecule has 1 N–H and O–H groups in total. The van der Waals surface area contributed by atoms with Crippen LogP contribution in [0.1, 0.15) is 0 Å². The fraction of sp³-hybridized carbons (Fsp3) is 0. The summed E-state index contributed by atoms with van der Waals surface area (Å²) in [5.41, 5.74) is 0. The number of rotatable bonds is 1. The van der Waals surface area contributed by atoms with Gasteiger partial charge in [0, 0.05) is 23.4 Å². The lowest BCUT2D eigenvalue weighted by Gasteiger charge is -1.76. The molecule has 1 aromatic rings. The van der Waals surface area contributed by atoms with Crippen LogP contribution in [0.4, 0.5) is 0 Å². The number of aromatic amines is 1. The smallest absolute Gasteiger partial charge is 0.181 e. The van der Waals surface area contributed by atoms with E-state index in [0.717, 1.165) is 16.1 Å². The molecule has 4 heteroatoms. The van der Waals surface area contributed by atoms with Crippen LogP contribution < -0.4 is 0 Å². The van der Waals surface area contributed by atoms with E-state index < -0.39 is 0 Å². The third kappa shape index (κ3) is 1.11. The summed E-state index contributed by atoms with van der Waals surface area (Å²) in [6, 6.07) is 0. The van der Waals surface area contributed by atoms with Crippen molar-refractivity contribution in [2.24, 2.45) is 0 Å². The molecule has 0 radical (unpaired) electrons. The largest absolute Gasteiger partial charge is 0.339 e. The van der Waals surface area contributed by atoms with Crippen molar-refractivity contribution >= 4 is 21.7 Å². The summed E-state index contributed by atoms with van der Waals surface area (Å²) in [4.78, 5) is 6.62. The highest BCUT2D eigenvalue weighted by Crippen LogP contribution is 2.14. The third-order valence-corrected chi connectivity index (χ3v) is 1.35. The Bertz CT molecular complexity index is 127.